The second-order valence-electron chi connectivity index (χ2n) is 4.33. The van der Waals surface area contributed by atoms with Gasteiger partial charge in [-0.15, -0.1) is 0 Å². The summed E-state index contributed by atoms with van der Waals surface area (Å²) in [5.41, 5.74) is 0.528. The Morgan fingerprint density at radius 2 is 1.68 bits per heavy atom. The topological polar surface area (TPSA) is 93.1 Å². The number of benzene rings is 1. The number of aromatic hydroxyl groups is 1. The van der Waals surface area contributed by atoms with Gasteiger partial charge in [-0.2, -0.15) is 0 Å². The van der Waals surface area contributed by atoms with Gasteiger partial charge in [-0.3, -0.25) is 14.4 Å². The van der Waals surface area contributed by atoms with Crippen LogP contribution in [0.2, 0.25) is 0 Å². The minimum absolute atomic E-state index is 0.121. The third-order valence-corrected chi connectivity index (χ3v) is 2.76. The fourth-order valence-electron chi connectivity index (χ4n) is 1.79. The van der Waals surface area contributed by atoms with Gasteiger partial charge in [-0.25, -0.2) is 0 Å². The van der Waals surface area contributed by atoms with E-state index in [1.165, 1.54) is 23.1 Å². The summed E-state index contributed by atoms with van der Waals surface area (Å²) in [4.78, 5) is 35.4. The molecule has 0 fully saturated rings. The third kappa shape index (κ3) is 5.08. The number of hydrogen-bond donors (Lipinski definition) is 1. The summed E-state index contributed by atoms with van der Waals surface area (Å²) >= 11 is 0. The lowest BCUT2D eigenvalue weighted by Crippen LogP contribution is -2.36. The van der Waals surface area contributed by atoms with Crippen LogP contribution in [0.25, 0.3) is 0 Å². The molecule has 0 aliphatic heterocycles. The Balaban J connectivity index is 2.97. The van der Waals surface area contributed by atoms with Gasteiger partial charge in [0.25, 0.3) is 0 Å². The molecule has 1 aromatic rings. The molecule has 0 amide bonds. The first-order valence-corrected chi connectivity index (χ1v) is 6.86. The average molecular weight is 309 g/mol. The number of phenols is 1. The number of phenolic OH excluding ortho intramolecular Hbond substituents is 1. The molecule has 1 rings (SSSR count). The lowest BCUT2D eigenvalue weighted by atomic mass is 10.2. The first-order valence-electron chi connectivity index (χ1n) is 6.86. The van der Waals surface area contributed by atoms with Crippen LogP contribution in [0.5, 0.6) is 5.75 Å². The molecular formula is C15H19NO6. The van der Waals surface area contributed by atoms with Gasteiger partial charge in [0.1, 0.15) is 18.8 Å². The molecule has 0 saturated carbocycles. The Morgan fingerprint density at radius 1 is 1.14 bits per heavy atom. The van der Waals surface area contributed by atoms with Crippen molar-refractivity contribution in [1.29, 1.82) is 0 Å². The van der Waals surface area contributed by atoms with Crippen molar-refractivity contribution in [2.45, 2.75) is 13.8 Å². The van der Waals surface area contributed by atoms with Crippen molar-refractivity contribution in [3.05, 3.63) is 23.8 Å². The van der Waals surface area contributed by atoms with Gasteiger partial charge in [-0.1, -0.05) is 0 Å². The summed E-state index contributed by atoms with van der Waals surface area (Å²) in [6, 6.07) is 4.24. The highest BCUT2D eigenvalue weighted by Gasteiger charge is 2.18. The van der Waals surface area contributed by atoms with Gasteiger partial charge < -0.3 is 19.5 Å². The molecule has 0 aliphatic rings. The Bertz CT molecular complexity index is 523. The van der Waals surface area contributed by atoms with E-state index in [1.807, 2.05) is 0 Å². The van der Waals surface area contributed by atoms with E-state index in [0.717, 1.165) is 0 Å². The summed E-state index contributed by atoms with van der Waals surface area (Å²) < 4.78 is 9.72. The molecule has 0 saturated heterocycles. The van der Waals surface area contributed by atoms with Crippen LogP contribution in [0.1, 0.15) is 24.2 Å². The van der Waals surface area contributed by atoms with E-state index in [2.05, 4.69) is 0 Å². The molecule has 7 heteroatoms. The minimum atomic E-state index is -0.509. The summed E-state index contributed by atoms with van der Waals surface area (Å²) in [5, 5.41) is 9.72. The maximum Gasteiger partial charge on any atom is 0.325 e. The van der Waals surface area contributed by atoms with Crippen molar-refractivity contribution in [1.82, 2.24) is 0 Å². The zero-order valence-electron chi connectivity index (χ0n) is 12.6. The number of ether oxygens (including phenoxy) is 2. The lowest BCUT2D eigenvalue weighted by molar-refractivity contribution is -0.142. The molecule has 0 aliphatic carbocycles. The molecule has 22 heavy (non-hydrogen) atoms. The van der Waals surface area contributed by atoms with Gasteiger partial charge in [0.05, 0.1) is 18.8 Å². The second kappa shape index (κ2) is 8.66. The smallest absolute Gasteiger partial charge is 0.325 e. The number of nitrogens with zero attached hydrogens (tertiary/aromatic N) is 1. The first-order chi connectivity index (χ1) is 10.5. The van der Waals surface area contributed by atoms with Crippen LogP contribution in [0.15, 0.2) is 18.2 Å². The molecule has 0 spiro atoms. The fraction of sp³-hybridized carbons (Fsp3) is 0.400. The van der Waals surface area contributed by atoms with Gasteiger partial charge in [0.15, 0.2) is 6.29 Å². The lowest BCUT2D eigenvalue weighted by Gasteiger charge is -2.23. The molecule has 1 aromatic carbocycles. The van der Waals surface area contributed by atoms with Crippen LogP contribution in [0.4, 0.5) is 5.69 Å². The maximum absolute atomic E-state index is 11.6. The van der Waals surface area contributed by atoms with Crippen LogP contribution in [0.3, 0.4) is 0 Å². The second-order valence-corrected chi connectivity index (χ2v) is 4.33. The largest absolute Gasteiger partial charge is 0.507 e. The zero-order chi connectivity index (χ0) is 16.5. The minimum Gasteiger partial charge on any atom is -0.507 e. The standard InChI is InChI=1S/C15H19NO6/c1-3-21-14(19)8-16(9-15(20)22-4-2)12-6-5-11(10-17)13(18)7-12/h5-7,10,18H,3-4,8-9H2,1-2H3. The van der Waals surface area contributed by atoms with E-state index >= 15 is 0 Å². The Hall–Kier alpha value is -2.57. The molecule has 0 unspecified atom stereocenters. The quantitative estimate of drug-likeness (QED) is 0.568. The third-order valence-electron chi connectivity index (χ3n) is 2.76. The van der Waals surface area contributed by atoms with Crippen molar-refractivity contribution in [2.75, 3.05) is 31.2 Å². The summed E-state index contributed by atoms with van der Waals surface area (Å²) in [6.45, 7) is 3.46. The van der Waals surface area contributed by atoms with Crippen LogP contribution in [-0.4, -0.2) is 49.6 Å². The van der Waals surface area contributed by atoms with Crippen molar-refractivity contribution in [3.63, 3.8) is 0 Å². The molecule has 1 N–H and O–H groups in total. The Morgan fingerprint density at radius 3 is 2.09 bits per heavy atom. The van der Waals surface area contributed by atoms with E-state index in [-0.39, 0.29) is 37.6 Å². The number of aldehydes is 1. The summed E-state index contributed by atoms with van der Waals surface area (Å²) in [5.74, 6) is -1.25. The Labute approximate surface area is 128 Å². The van der Waals surface area contributed by atoms with Gasteiger partial charge in [0, 0.05) is 11.8 Å². The summed E-state index contributed by atoms with van der Waals surface area (Å²) in [7, 11) is 0. The van der Waals surface area contributed by atoms with E-state index in [1.54, 1.807) is 13.8 Å². The molecular weight excluding hydrogens is 290 g/mol. The van der Waals surface area contributed by atoms with Crippen LogP contribution in [-0.2, 0) is 19.1 Å². The molecule has 0 heterocycles. The SMILES string of the molecule is CCOC(=O)CN(CC(=O)OCC)c1ccc(C=O)c(O)c1. The van der Waals surface area contributed by atoms with E-state index < -0.39 is 11.9 Å². The molecule has 0 radical (unpaired) electrons. The van der Waals surface area contributed by atoms with Gasteiger partial charge in [-0.05, 0) is 26.0 Å². The highest BCUT2D eigenvalue weighted by atomic mass is 16.5. The maximum atomic E-state index is 11.6. The molecule has 7 nitrogen and oxygen atoms in total. The molecule has 0 aromatic heterocycles. The normalized spacial score (nSPS) is 9.91. The van der Waals surface area contributed by atoms with Gasteiger partial charge in [0.2, 0.25) is 0 Å². The van der Waals surface area contributed by atoms with Crippen molar-refractivity contribution < 1.29 is 29.0 Å². The van der Waals surface area contributed by atoms with Crippen molar-refractivity contribution in [2.24, 2.45) is 0 Å². The van der Waals surface area contributed by atoms with E-state index in [4.69, 9.17) is 9.47 Å². The molecule has 120 valence electrons. The van der Waals surface area contributed by atoms with Crippen LogP contribution < -0.4 is 4.90 Å². The number of esters is 2. The van der Waals surface area contributed by atoms with Gasteiger partial charge >= 0.3 is 11.9 Å². The van der Waals surface area contributed by atoms with Crippen LogP contribution >= 0.6 is 0 Å². The number of hydrogen-bond acceptors (Lipinski definition) is 7. The van der Waals surface area contributed by atoms with E-state index in [9.17, 15) is 19.5 Å². The van der Waals surface area contributed by atoms with Crippen LogP contribution in [0, 0.1) is 0 Å². The predicted octanol–water partition coefficient (Wildman–Crippen LogP) is 1.14. The summed E-state index contributed by atoms with van der Waals surface area (Å²) in [6.07, 6.45) is 0.514. The van der Waals surface area contributed by atoms with Crippen molar-refractivity contribution in [3.8, 4) is 5.75 Å². The number of anilines is 1. The number of carbonyl (C=O) groups is 3. The number of carbonyl (C=O) groups excluding carboxylic acids is 3. The zero-order valence-corrected chi connectivity index (χ0v) is 12.6. The first kappa shape index (κ1) is 17.5. The fourth-order valence-corrected chi connectivity index (χ4v) is 1.79. The monoisotopic (exact) mass is 309 g/mol. The number of rotatable bonds is 8. The van der Waals surface area contributed by atoms with Crippen molar-refractivity contribution >= 4 is 23.9 Å². The molecule has 0 bridgehead atoms. The van der Waals surface area contributed by atoms with E-state index in [0.29, 0.717) is 12.0 Å². The average Bonchev–Trinajstić information content (AvgIpc) is 2.47. The molecule has 0 atom stereocenters. The highest BCUT2D eigenvalue weighted by molar-refractivity contribution is 5.84. The predicted molar refractivity (Wildman–Crippen MR) is 79.0 cm³/mol. The Kier molecular flexibility index (Phi) is 6.88. The highest BCUT2D eigenvalue weighted by Crippen LogP contribution is 2.23.